The number of rotatable bonds is 6. The van der Waals surface area contributed by atoms with Crippen LogP contribution < -0.4 is 15.8 Å². The summed E-state index contributed by atoms with van der Waals surface area (Å²) in [5.74, 6) is 1.40. The summed E-state index contributed by atoms with van der Waals surface area (Å²) in [6.45, 7) is 4.38. The molecule has 148 valence electrons. The van der Waals surface area contributed by atoms with Crippen LogP contribution in [-0.4, -0.2) is 45.3 Å². The molecule has 0 radical (unpaired) electrons. The Morgan fingerprint density at radius 2 is 1.96 bits per heavy atom. The topological polar surface area (TPSA) is 93.0 Å². The number of hydrogen-bond donors (Lipinski definition) is 1. The molecular weight excluding hydrogens is 356 g/mol. The van der Waals surface area contributed by atoms with Gasteiger partial charge in [0.15, 0.2) is 5.82 Å². The van der Waals surface area contributed by atoms with Crippen LogP contribution in [-0.2, 0) is 11.3 Å². The molecule has 2 aromatic heterocycles. The van der Waals surface area contributed by atoms with Crippen LogP contribution in [0.4, 0.5) is 5.82 Å². The zero-order valence-corrected chi connectivity index (χ0v) is 16.2. The Hall–Kier alpha value is -2.77. The number of aryl methyl sites for hydroxylation is 1. The molecule has 2 fully saturated rings. The molecule has 3 heterocycles. The van der Waals surface area contributed by atoms with Gasteiger partial charge in [0.05, 0.1) is 17.7 Å². The number of anilines is 1. The second-order valence-corrected chi connectivity index (χ2v) is 7.70. The lowest BCUT2D eigenvalue weighted by molar-refractivity contribution is -0.125. The van der Waals surface area contributed by atoms with Crippen molar-refractivity contribution in [2.75, 3.05) is 24.5 Å². The lowest BCUT2D eigenvalue weighted by atomic mass is 9.96. The standard InChI is InChI=1S/C20H26N6O2/c1-14-2-5-18(24-23-14)25-9-6-16(7-10-25)20(28)21-8-11-26-13-22-17(12-19(26)27)15-3-4-15/h2,5,12-13,15-16H,3-4,6-11H2,1H3,(H,21,28). The summed E-state index contributed by atoms with van der Waals surface area (Å²) in [7, 11) is 0. The minimum absolute atomic E-state index is 0.00162. The third kappa shape index (κ3) is 4.37. The Bertz CT molecular complexity index is 882. The van der Waals surface area contributed by atoms with E-state index in [0.717, 1.165) is 56.0 Å². The van der Waals surface area contributed by atoms with Crippen molar-refractivity contribution in [2.24, 2.45) is 5.92 Å². The summed E-state index contributed by atoms with van der Waals surface area (Å²) in [6.07, 6.45) is 5.44. The summed E-state index contributed by atoms with van der Waals surface area (Å²) in [6, 6.07) is 5.56. The van der Waals surface area contributed by atoms with Crippen LogP contribution in [0.25, 0.3) is 0 Å². The van der Waals surface area contributed by atoms with Gasteiger partial charge < -0.3 is 10.2 Å². The van der Waals surface area contributed by atoms with Gasteiger partial charge in [-0.1, -0.05) is 0 Å². The van der Waals surface area contributed by atoms with Crippen molar-refractivity contribution in [1.29, 1.82) is 0 Å². The quantitative estimate of drug-likeness (QED) is 0.808. The van der Waals surface area contributed by atoms with Gasteiger partial charge in [-0.05, 0) is 44.7 Å². The van der Waals surface area contributed by atoms with Crippen molar-refractivity contribution >= 4 is 11.7 Å². The highest BCUT2D eigenvalue weighted by Crippen LogP contribution is 2.38. The maximum atomic E-state index is 12.5. The van der Waals surface area contributed by atoms with Gasteiger partial charge in [-0.15, -0.1) is 5.10 Å². The van der Waals surface area contributed by atoms with E-state index in [1.54, 1.807) is 17.0 Å². The number of amides is 1. The van der Waals surface area contributed by atoms with Crippen LogP contribution in [0.5, 0.6) is 0 Å². The van der Waals surface area contributed by atoms with Crippen molar-refractivity contribution in [2.45, 2.75) is 45.1 Å². The number of piperidine rings is 1. The van der Waals surface area contributed by atoms with E-state index in [1.807, 2.05) is 19.1 Å². The smallest absolute Gasteiger partial charge is 0.253 e. The molecule has 8 heteroatoms. The molecule has 1 N–H and O–H groups in total. The Morgan fingerprint density at radius 1 is 1.18 bits per heavy atom. The number of carbonyl (C=O) groups is 1. The maximum Gasteiger partial charge on any atom is 0.253 e. The normalized spacial score (nSPS) is 17.5. The van der Waals surface area contributed by atoms with Crippen LogP contribution in [0.2, 0.25) is 0 Å². The van der Waals surface area contributed by atoms with E-state index in [4.69, 9.17) is 0 Å². The molecule has 1 saturated heterocycles. The van der Waals surface area contributed by atoms with E-state index in [0.29, 0.717) is 19.0 Å². The first-order valence-corrected chi connectivity index (χ1v) is 9.99. The van der Waals surface area contributed by atoms with Crippen molar-refractivity contribution in [3.63, 3.8) is 0 Å². The van der Waals surface area contributed by atoms with E-state index in [1.165, 1.54) is 0 Å². The molecule has 1 aliphatic heterocycles. The summed E-state index contributed by atoms with van der Waals surface area (Å²) in [5, 5.41) is 11.3. The van der Waals surface area contributed by atoms with Crippen molar-refractivity contribution in [3.8, 4) is 0 Å². The number of carbonyl (C=O) groups excluding carboxylic acids is 1. The molecule has 2 aromatic rings. The van der Waals surface area contributed by atoms with E-state index in [9.17, 15) is 9.59 Å². The fraction of sp³-hybridized carbons (Fsp3) is 0.550. The monoisotopic (exact) mass is 382 g/mol. The van der Waals surface area contributed by atoms with Crippen LogP contribution in [0, 0.1) is 12.8 Å². The average molecular weight is 382 g/mol. The lowest BCUT2D eigenvalue weighted by Gasteiger charge is -2.31. The van der Waals surface area contributed by atoms with Crippen molar-refractivity contribution < 1.29 is 4.79 Å². The molecule has 2 aliphatic rings. The minimum atomic E-state index is -0.0429. The molecule has 0 atom stereocenters. The molecule has 0 spiro atoms. The molecule has 28 heavy (non-hydrogen) atoms. The van der Waals surface area contributed by atoms with Gasteiger partial charge in [0.25, 0.3) is 5.56 Å². The minimum Gasteiger partial charge on any atom is -0.355 e. The predicted molar refractivity (Wildman–Crippen MR) is 105 cm³/mol. The third-order valence-electron chi connectivity index (χ3n) is 5.52. The van der Waals surface area contributed by atoms with Gasteiger partial charge in [0, 0.05) is 44.1 Å². The van der Waals surface area contributed by atoms with Crippen LogP contribution >= 0.6 is 0 Å². The lowest BCUT2D eigenvalue weighted by Crippen LogP contribution is -2.42. The molecule has 1 amide bonds. The largest absolute Gasteiger partial charge is 0.355 e. The molecule has 0 unspecified atom stereocenters. The molecule has 4 rings (SSSR count). The van der Waals surface area contributed by atoms with Gasteiger partial charge in [0.2, 0.25) is 5.91 Å². The molecule has 0 aromatic carbocycles. The highest BCUT2D eigenvalue weighted by Gasteiger charge is 2.26. The first kappa shape index (κ1) is 18.6. The van der Waals surface area contributed by atoms with Gasteiger partial charge in [-0.3, -0.25) is 14.2 Å². The Morgan fingerprint density at radius 3 is 2.61 bits per heavy atom. The average Bonchev–Trinajstić information content (AvgIpc) is 3.55. The van der Waals surface area contributed by atoms with E-state index in [-0.39, 0.29) is 17.4 Å². The molecule has 0 bridgehead atoms. The Labute approximate surface area is 164 Å². The second kappa shape index (κ2) is 8.08. The van der Waals surface area contributed by atoms with E-state index >= 15 is 0 Å². The molecule has 8 nitrogen and oxygen atoms in total. The predicted octanol–water partition coefficient (Wildman–Crippen LogP) is 1.25. The van der Waals surface area contributed by atoms with Crippen molar-refractivity contribution in [1.82, 2.24) is 25.1 Å². The van der Waals surface area contributed by atoms with E-state index < -0.39 is 0 Å². The highest BCUT2D eigenvalue weighted by molar-refractivity contribution is 5.78. The Balaban J connectivity index is 1.22. The third-order valence-corrected chi connectivity index (χ3v) is 5.52. The highest BCUT2D eigenvalue weighted by atomic mass is 16.2. The van der Waals surface area contributed by atoms with Gasteiger partial charge >= 0.3 is 0 Å². The maximum absolute atomic E-state index is 12.5. The second-order valence-electron chi connectivity index (χ2n) is 7.70. The zero-order chi connectivity index (χ0) is 19.5. The molecule has 1 aliphatic carbocycles. The van der Waals surface area contributed by atoms with Gasteiger partial charge in [0.1, 0.15) is 0 Å². The fourth-order valence-corrected chi connectivity index (χ4v) is 3.59. The van der Waals surface area contributed by atoms with E-state index in [2.05, 4.69) is 25.4 Å². The van der Waals surface area contributed by atoms with Gasteiger partial charge in [-0.25, -0.2) is 4.98 Å². The van der Waals surface area contributed by atoms with Crippen LogP contribution in [0.3, 0.4) is 0 Å². The zero-order valence-electron chi connectivity index (χ0n) is 16.2. The SMILES string of the molecule is Cc1ccc(N2CCC(C(=O)NCCn3cnc(C4CC4)cc3=O)CC2)nn1. The number of nitrogens with zero attached hydrogens (tertiary/aromatic N) is 5. The molecule has 1 saturated carbocycles. The number of hydrogen-bond acceptors (Lipinski definition) is 6. The summed E-state index contributed by atoms with van der Waals surface area (Å²) in [4.78, 5) is 31.1. The summed E-state index contributed by atoms with van der Waals surface area (Å²) in [5.41, 5.74) is 1.75. The number of aromatic nitrogens is 4. The van der Waals surface area contributed by atoms with Gasteiger partial charge in [-0.2, -0.15) is 5.10 Å². The van der Waals surface area contributed by atoms with Crippen molar-refractivity contribution in [3.05, 3.63) is 46.3 Å². The van der Waals surface area contributed by atoms with Crippen LogP contribution in [0.1, 0.15) is 43.0 Å². The first-order valence-electron chi connectivity index (χ1n) is 9.99. The summed E-state index contributed by atoms with van der Waals surface area (Å²) >= 11 is 0. The fourth-order valence-electron chi connectivity index (χ4n) is 3.59. The summed E-state index contributed by atoms with van der Waals surface area (Å²) < 4.78 is 1.56. The van der Waals surface area contributed by atoms with Crippen LogP contribution in [0.15, 0.2) is 29.3 Å². The number of nitrogens with one attached hydrogen (secondary N) is 1. The molecular formula is C20H26N6O2. The first-order chi connectivity index (χ1) is 13.6. The Kier molecular flexibility index (Phi) is 5.36.